The molecule has 3 N–H and O–H groups in total. The number of amides is 1. The Morgan fingerprint density at radius 2 is 1.79 bits per heavy atom. The Morgan fingerprint density at radius 3 is 2.25 bits per heavy atom. The first-order valence-electron chi connectivity index (χ1n) is 6.35. The van der Waals surface area contributed by atoms with Gasteiger partial charge in [-0.3, -0.25) is 4.79 Å². The highest BCUT2D eigenvalue weighted by Gasteiger charge is 2.34. The Bertz CT molecular complexity index is 607. The van der Waals surface area contributed by atoms with Crippen LogP contribution in [0.25, 0.3) is 0 Å². The third-order valence-electron chi connectivity index (χ3n) is 2.59. The Balaban J connectivity index is 2.71. The molecule has 6 nitrogen and oxygen atoms in total. The van der Waals surface area contributed by atoms with Gasteiger partial charge < -0.3 is 20.7 Å². The second kappa shape index (κ2) is 9.48. The first-order chi connectivity index (χ1) is 11.2. The number of hydrogen-bond donors (Lipinski definition) is 3. The molecule has 0 heterocycles. The molecular formula is C13H13Cl4N3O3S. The summed E-state index contributed by atoms with van der Waals surface area (Å²) in [6, 6.07) is 6.33. The molecule has 0 unspecified atom stereocenters. The number of thiocarbonyl (C=S) groups is 1. The Hall–Kier alpha value is -0.990. The lowest BCUT2D eigenvalue weighted by atomic mass is 10.2. The number of methoxy groups -OCH3 is 1. The van der Waals surface area contributed by atoms with Crippen LogP contribution < -0.4 is 16.0 Å². The van der Waals surface area contributed by atoms with Crippen molar-refractivity contribution in [3.63, 3.8) is 0 Å². The Kier molecular flexibility index (Phi) is 8.32. The van der Waals surface area contributed by atoms with Gasteiger partial charge >= 0.3 is 5.97 Å². The fraction of sp³-hybridized carbons (Fsp3) is 0.308. The van der Waals surface area contributed by atoms with E-state index >= 15 is 0 Å². The molecule has 0 aliphatic carbocycles. The molecule has 1 aromatic rings. The summed E-state index contributed by atoms with van der Waals surface area (Å²) in [6.07, 6.45) is -1.09. The molecule has 0 bridgehead atoms. The molecule has 0 fully saturated rings. The van der Waals surface area contributed by atoms with Crippen LogP contribution in [0.3, 0.4) is 0 Å². The lowest BCUT2D eigenvalue weighted by molar-refractivity contribution is -0.119. The number of alkyl halides is 4. The molecule has 0 saturated carbocycles. The van der Waals surface area contributed by atoms with E-state index in [9.17, 15) is 9.59 Å². The third-order valence-corrected chi connectivity index (χ3v) is 3.71. The molecule has 0 saturated heterocycles. The van der Waals surface area contributed by atoms with E-state index in [1.807, 2.05) is 0 Å². The lowest BCUT2D eigenvalue weighted by Crippen LogP contribution is -2.56. The minimum absolute atomic E-state index is 0.0898. The average Bonchev–Trinajstić information content (AvgIpc) is 2.53. The molecule has 24 heavy (non-hydrogen) atoms. The highest BCUT2D eigenvalue weighted by Crippen LogP contribution is 2.29. The van der Waals surface area contributed by atoms with Gasteiger partial charge in [-0.05, 0) is 36.5 Å². The smallest absolute Gasteiger partial charge is 0.337 e. The fourth-order valence-electron chi connectivity index (χ4n) is 1.51. The average molecular weight is 433 g/mol. The van der Waals surface area contributed by atoms with E-state index in [2.05, 4.69) is 20.7 Å². The van der Waals surface area contributed by atoms with Crippen LogP contribution in [0.1, 0.15) is 10.4 Å². The summed E-state index contributed by atoms with van der Waals surface area (Å²) in [6.45, 7) is 0. The maximum Gasteiger partial charge on any atom is 0.337 e. The van der Waals surface area contributed by atoms with Gasteiger partial charge in [-0.1, -0.05) is 34.8 Å². The number of carbonyl (C=O) groups excluding carboxylic acids is 2. The SMILES string of the molecule is COC(=O)c1ccc(NC(=S)N[C@@H](NC(=O)CCl)C(Cl)(Cl)Cl)cc1. The molecular weight excluding hydrogens is 420 g/mol. The van der Waals surface area contributed by atoms with Crippen LogP contribution in [0.2, 0.25) is 0 Å². The maximum absolute atomic E-state index is 11.4. The van der Waals surface area contributed by atoms with Gasteiger partial charge in [-0.15, -0.1) is 11.6 Å². The summed E-state index contributed by atoms with van der Waals surface area (Å²) >= 11 is 27.9. The standard InChI is InChI=1S/C13H13Cl4N3O3S/c1-23-10(22)7-2-4-8(5-3-7)18-12(24)20-11(13(15,16)17)19-9(21)6-14/h2-5,11H,6H2,1H3,(H,19,21)(H2,18,20,24)/t11-/m1/s1. The van der Waals surface area contributed by atoms with E-state index in [1.54, 1.807) is 24.3 Å². The second-order valence-corrected chi connectivity index (χ2v) is 7.39. The van der Waals surface area contributed by atoms with Crippen LogP contribution in [0.5, 0.6) is 0 Å². The summed E-state index contributed by atoms with van der Waals surface area (Å²) in [5, 5.41) is 7.97. The summed E-state index contributed by atoms with van der Waals surface area (Å²) in [5.41, 5.74) is 0.961. The van der Waals surface area contributed by atoms with E-state index in [0.717, 1.165) is 0 Å². The van der Waals surface area contributed by atoms with Gasteiger partial charge in [-0.2, -0.15) is 0 Å². The van der Waals surface area contributed by atoms with Gasteiger partial charge in [0.2, 0.25) is 9.70 Å². The molecule has 0 spiro atoms. The van der Waals surface area contributed by atoms with Crippen LogP contribution in [-0.2, 0) is 9.53 Å². The van der Waals surface area contributed by atoms with Crippen LogP contribution in [0, 0.1) is 0 Å². The number of rotatable bonds is 5. The predicted octanol–water partition coefficient (Wildman–Crippen LogP) is 2.81. The Labute approximate surface area is 164 Å². The van der Waals surface area contributed by atoms with Crippen LogP contribution >= 0.6 is 58.6 Å². The first-order valence-corrected chi connectivity index (χ1v) is 8.43. The van der Waals surface area contributed by atoms with Crippen molar-refractivity contribution >= 4 is 81.3 Å². The monoisotopic (exact) mass is 431 g/mol. The van der Waals surface area contributed by atoms with Gasteiger partial charge in [0.15, 0.2) is 5.11 Å². The highest BCUT2D eigenvalue weighted by atomic mass is 35.6. The molecule has 11 heteroatoms. The van der Waals surface area contributed by atoms with Crippen molar-refractivity contribution < 1.29 is 14.3 Å². The zero-order valence-electron chi connectivity index (χ0n) is 12.2. The summed E-state index contributed by atoms with van der Waals surface area (Å²) in [4.78, 5) is 22.7. The molecule has 0 aromatic heterocycles. The zero-order chi connectivity index (χ0) is 18.3. The third kappa shape index (κ3) is 6.86. The Morgan fingerprint density at radius 1 is 1.21 bits per heavy atom. The van der Waals surface area contributed by atoms with Crippen molar-refractivity contribution in [3.05, 3.63) is 29.8 Å². The van der Waals surface area contributed by atoms with Crippen molar-refractivity contribution in [2.45, 2.75) is 9.96 Å². The quantitative estimate of drug-likeness (QED) is 0.287. The van der Waals surface area contributed by atoms with Gasteiger partial charge in [0.25, 0.3) is 0 Å². The molecule has 1 aromatic carbocycles. The van der Waals surface area contributed by atoms with E-state index in [-0.39, 0.29) is 11.0 Å². The number of esters is 1. The molecule has 0 radical (unpaired) electrons. The summed E-state index contributed by atoms with van der Waals surface area (Å²) in [7, 11) is 1.29. The topological polar surface area (TPSA) is 79.5 Å². The van der Waals surface area contributed by atoms with Crippen LogP contribution in [0.4, 0.5) is 5.69 Å². The summed E-state index contributed by atoms with van der Waals surface area (Å²) in [5.74, 6) is -1.29. The number of ether oxygens (including phenoxy) is 1. The number of benzene rings is 1. The minimum atomic E-state index is -1.86. The van der Waals surface area contributed by atoms with Gasteiger partial charge in [-0.25, -0.2) is 4.79 Å². The largest absolute Gasteiger partial charge is 0.465 e. The van der Waals surface area contributed by atoms with Gasteiger partial charge in [0.05, 0.1) is 12.7 Å². The van der Waals surface area contributed by atoms with Crippen molar-refractivity contribution in [1.82, 2.24) is 10.6 Å². The lowest BCUT2D eigenvalue weighted by Gasteiger charge is -2.27. The number of hydrogen-bond acceptors (Lipinski definition) is 4. The minimum Gasteiger partial charge on any atom is -0.465 e. The zero-order valence-corrected chi connectivity index (χ0v) is 16.1. The van der Waals surface area contributed by atoms with E-state index < -0.39 is 21.8 Å². The van der Waals surface area contributed by atoms with E-state index in [0.29, 0.717) is 11.3 Å². The number of halogens is 4. The van der Waals surface area contributed by atoms with Crippen molar-refractivity contribution in [3.8, 4) is 0 Å². The molecule has 132 valence electrons. The number of nitrogens with one attached hydrogen (secondary N) is 3. The van der Waals surface area contributed by atoms with Crippen molar-refractivity contribution in [2.75, 3.05) is 18.3 Å². The molecule has 1 amide bonds. The predicted molar refractivity (Wildman–Crippen MR) is 100 cm³/mol. The molecule has 1 rings (SSSR count). The number of carbonyl (C=O) groups is 2. The van der Waals surface area contributed by atoms with Crippen LogP contribution in [0.15, 0.2) is 24.3 Å². The second-order valence-electron chi connectivity index (χ2n) is 4.34. The number of anilines is 1. The van der Waals surface area contributed by atoms with Crippen LogP contribution in [-0.4, -0.2) is 39.9 Å². The van der Waals surface area contributed by atoms with Gasteiger partial charge in [0, 0.05) is 5.69 Å². The molecule has 1 atom stereocenters. The normalized spacial score (nSPS) is 12.0. The molecule has 0 aliphatic rings. The van der Waals surface area contributed by atoms with Crippen molar-refractivity contribution in [1.29, 1.82) is 0 Å². The van der Waals surface area contributed by atoms with E-state index in [1.165, 1.54) is 7.11 Å². The van der Waals surface area contributed by atoms with Gasteiger partial charge in [0.1, 0.15) is 12.0 Å². The van der Waals surface area contributed by atoms with E-state index in [4.69, 9.17) is 58.6 Å². The highest BCUT2D eigenvalue weighted by molar-refractivity contribution is 7.80. The van der Waals surface area contributed by atoms with Crippen molar-refractivity contribution in [2.24, 2.45) is 0 Å². The first kappa shape index (κ1) is 21.1. The molecule has 0 aliphatic heterocycles. The fourth-order valence-corrected chi connectivity index (χ4v) is 2.15. The summed E-state index contributed by atoms with van der Waals surface area (Å²) < 4.78 is 2.74. The maximum atomic E-state index is 11.4.